The van der Waals surface area contributed by atoms with Gasteiger partial charge in [0.15, 0.2) is 0 Å². The van der Waals surface area contributed by atoms with Crippen molar-refractivity contribution in [3.63, 3.8) is 0 Å². The number of imidazole rings is 1. The summed E-state index contributed by atoms with van der Waals surface area (Å²) >= 11 is 6.21. The number of halogens is 1. The van der Waals surface area contributed by atoms with E-state index in [0.29, 0.717) is 23.6 Å². The van der Waals surface area contributed by atoms with Crippen LogP contribution in [0.3, 0.4) is 0 Å². The molecule has 3 aromatic rings. The number of hydrogen-bond acceptors (Lipinski definition) is 4. The molecule has 2 aliphatic carbocycles. The third-order valence-electron chi connectivity index (χ3n) is 7.99. The smallest absolute Gasteiger partial charge is 0.249 e. The number of carbonyl (C=O) groups excluding carboxylic acids is 2. The van der Waals surface area contributed by atoms with Crippen LogP contribution < -0.4 is 0 Å². The highest BCUT2D eigenvalue weighted by molar-refractivity contribution is 6.31. The number of benzene rings is 2. The molecule has 2 aromatic carbocycles. The number of aryl methyl sites for hydroxylation is 1. The molecule has 0 radical (unpaired) electrons. The zero-order valence-corrected chi connectivity index (χ0v) is 23.5. The fourth-order valence-corrected chi connectivity index (χ4v) is 5.92. The first-order valence-corrected chi connectivity index (χ1v) is 14.5. The van der Waals surface area contributed by atoms with Crippen LogP contribution in [0.2, 0.25) is 5.02 Å². The molecule has 0 aliphatic heterocycles. The fraction of sp³-hybridized carbons (Fsp3) is 0.364. The quantitative estimate of drug-likeness (QED) is 0.281. The maximum absolute atomic E-state index is 13.1. The van der Waals surface area contributed by atoms with Crippen molar-refractivity contribution in [3.05, 3.63) is 81.9 Å². The van der Waals surface area contributed by atoms with Gasteiger partial charge in [0.2, 0.25) is 5.91 Å². The van der Waals surface area contributed by atoms with Gasteiger partial charge in [-0.1, -0.05) is 62.1 Å². The Morgan fingerprint density at radius 1 is 1.18 bits per heavy atom. The van der Waals surface area contributed by atoms with Crippen molar-refractivity contribution in [2.75, 3.05) is 0 Å². The van der Waals surface area contributed by atoms with E-state index < -0.39 is 0 Å². The van der Waals surface area contributed by atoms with Gasteiger partial charge in [-0.15, -0.1) is 0 Å². The standard InChI is InChI=1S/C33H33ClN4O2/c1-2-3-8-32-37-30-16-15-27(36-33(40)28-7-5-4-6-25(28)21-39)18-31(30)38(32)20-22-9-11-23(12-10-22)29-17-26(34)14-13-24(29)19-35/h9-17,21,25,28H,2-8,18,20H2,1H3/t25-,28-/m1/s1. The number of nitrogens with zero attached hydrogens (tertiary/aromatic N) is 4. The maximum atomic E-state index is 13.1. The highest BCUT2D eigenvalue weighted by Crippen LogP contribution is 2.31. The van der Waals surface area contributed by atoms with E-state index in [2.05, 4.69) is 34.7 Å². The molecule has 2 atom stereocenters. The number of aldehydes is 1. The Kier molecular flexibility index (Phi) is 8.72. The van der Waals surface area contributed by atoms with Crippen LogP contribution in [-0.2, 0) is 29.0 Å². The van der Waals surface area contributed by atoms with Gasteiger partial charge >= 0.3 is 0 Å². The topological polar surface area (TPSA) is 88.1 Å². The van der Waals surface area contributed by atoms with Crippen molar-refractivity contribution < 1.29 is 9.59 Å². The van der Waals surface area contributed by atoms with E-state index in [9.17, 15) is 14.9 Å². The Morgan fingerprint density at radius 2 is 1.98 bits per heavy atom. The summed E-state index contributed by atoms with van der Waals surface area (Å²) in [6.45, 7) is 2.82. The first kappa shape index (κ1) is 27.7. The Hall–Kier alpha value is -3.82. The van der Waals surface area contributed by atoms with Gasteiger partial charge in [0.05, 0.1) is 28.7 Å². The molecule has 40 heavy (non-hydrogen) atoms. The van der Waals surface area contributed by atoms with Crippen molar-refractivity contribution in [2.24, 2.45) is 16.8 Å². The second-order valence-electron chi connectivity index (χ2n) is 10.7. The van der Waals surface area contributed by atoms with E-state index >= 15 is 0 Å². The number of aliphatic imine (C=N–C) groups is 1. The lowest BCUT2D eigenvalue weighted by Gasteiger charge is -2.25. The maximum Gasteiger partial charge on any atom is 0.249 e. The third kappa shape index (κ3) is 6.00. The van der Waals surface area contributed by atoms with Gasteiger partial charge in [-0.05, 0) is 60.7 Å². The Labute approximate surface area is 240 Å². The zero-order valence-electron chi connectivity index (χ0n) is 22.8. The molecular weight excluding hydrogens is 520 g/mol. The van der Waals surface area contributed by atoms with Crippen molar-refractivity contribution in [2.45, 2.75) is 64.8 Å². The summed E-state index contributed by atoms with van der Waals surface area (Å²) < 4.78 is 2.26. The number of fused-ring (bicyclic) bond motifs is 1. The number of carbonyl (C=O) groups is 2. The van der Waals surface area contributed by atoms with Crippen LogP contribution in [0.1, 0.15) is 73.8 Å². The Bertz CT molecular complexity index is 1510. The van der Waals surface area contributed by atoms with Crippen LogP contribution in [0.15, 0.2) is 53.5 Å². The number of nitriles is 1. The molecule has 204 valence electrons. The van der Waals surface area contributed by atoms with Gasteiger partial charge in [0.1, 0.15) is 12.1 Å². The van der Waals surface area contributed by atoms with Crippen LogP contribution in [0.25, 0.3) is 17.2 Å². The fourth-order valence-electron chi connectivity index (χ4n) is 5.75. The van der Waals surface area contributed by atoms with Gasteiger partial charge in [0, 0.05) is 41.8 Å². The summed E-state index contributed by atoms with van der Waals surface area (Å²) in [6.07, 6.45) is 11.8. The van der Waals surface area contributed by atoms with Gasteiger partial charge in [0.25, 0.3) is 0 Å². The number of unbranched alkanes of at least 4 members (excludes halogenated alkanes) is 1. The average Bonchev–Trinajstić information content (AvgIpc) is 3.32. The molecule has 0 unspecified atom stereocenters. The predicted octanol–water partition coefficient (Wildman–Crippen LogP) is 7.01. The molecule has 1 fully saturated rings. The van der Waals surface area contributed by atoms with Gasteiger partial charge in [-0.25, -0.2) is 9.98 Å². The minimum absolute atomic E-state index is 0.175. The first-order valence-electron chi connectivity index (χ1n) is 14.1. The number of amides is 1. The zero-order chi connectivity index (χ0) is 28.1. The molecule has 6 nitrogen and oxygen atoms in total. The van der Waals surface area contributed by atoms with Crippen molar-refractivity contribution in [3.8, 4) is 17.2 Å². The highest BCUT2D eigenvalue weighted by Gasteiger charge is 2.31. The molecule has 1 heterocycles. The Morgan fingerprint density at radius 3 is 2.73 bits per heavy atom. The molecule has 7 heteroatoms. The number of allylic oxidation sites excluding steroid dienone is 1. The summed E-state index contributed by atoms with van der Waals surface area (Å²) in [5, 5.41) is 10.1. The Balaban J connectivity index is 1.41. The number of aromatic nitrogens is 2. The normalized spacial score (nSPS) is 19.3. The molecule has 1 saturated carbocycles. The summed E-state index contributed by atoms with van der Waals surface area (Å²) in [5.74, 6) is 0.325. The number of hydrogen-bond donors (Lipinski definition) is 0. The van der Waals surface area contributed by atoms with E-state index in [1.54, 1.807) is 12.1 Å². The number of rotatable bonds is 8. The van der Waals surface area contributed by atoms with Crippen LogP contribution in [0.4, 0.5) is 0 Å². The molecule has 1 aromatic heterocycles. The average molecular weight is 553 g/mol. The van der Waals surface area contributed by atoms with Crippen LogP contribution in [0, 0.1) is 23.2 Å². The molecular formula is C33H33ClN4O2. The van der Waals surface area contributed by atoms with Crippen molar-refractivity contribution >= 4 is 35.6 Å². The third-order valence-corrected chi connectivity index (χ3v) is 8.23. The monoisotopic (exact) mass is 552 g/mol. The first-order chi connectivity index (χ1) is 19.5. The van der Waals surface area contributed by atoms with Crippen LogP contribution in [-0.4, -0.2) is 27.5 Å². The van der Waals surface area contributed by atoms with Gasteiger partial charge in [-0.2, -0.15) is 5.26 Å². The molecule has 0 spiro atoms. The van der Waals surface area contributed by atoms with E-state index in [1.807, 2.05) is 30.4 Å². The van der Waals surface area contributed by atoms with E-state index in [0.717, 1.165) is 90.8 Å². The summed E-state index contributed by atoms with van der Waals surface area (Å²) in [7, 11) is 0. The minimum atomic E-state index is -0.307. The minimum Gasteiger partial charge on any atom is -0.327 e. The lowest BCUT2D eigenvalue weighted by Crippen LogP contribution is -2.28. The second-order valence-corrected chi connectivity index (χ2v) is 11.1. The highest BCUT2D eigenvalue weighted by atomic mass is 35.5. The molecule has 1 amide bonds. The summed E-state index contributed by atoms with van der Waals surface area (Å²) in [4.78, 5) is 34.0. The largest absolute Gasteiger partial charge is 0.327 e. The predicted molar refractivity (Wildman–Crippen MR) is 158 cm³/mol. The molecule has 2 aliphatic rings. The lowest BCUT2D eigenvalue weighted by atomic mass is 9.79. The van der Waals surface area contributed by atoms with Gasteiger partial charge < -0.3 is 9.36 Å². The second kappa shape index (κ2) is 12.6. The lowest BCUT2D eigenvalue weighted by molar-refractivity contribution is -0.128. The van der Waals surface area contributed by atoms with Crippen molar-refractivity contribution in [1.29, 1.82) is 5.26 Å². The summed E-state index contributed by atoms with van der Waals surface area (Å²) in [6, 6.07) is 15.7. The molecule has 0 N–H and O–H groups in total. The van der Waals surface area contributed by atoms with E-state index in [4.69, 9.17) is 16.6 Å². The molecule has 0 bridgehead atoms. The van der Waals surface area contributed by atoms with E-state index in [1.165, 1.54) is 0 Å². The SMILES string of the molecule is CCCCc1nc2c(n1Cc1ccc(-c3cc(Cl)ccc3C#N)cc1)CC(=NC(=O)[C@@H]1CCCC[C@@H]1C=O)C=C2. The van der Waals surface area contributed by atoms with Crippen LogP contribution in [0.5, 0.6) is 0 Å². The molecule has 5 rings (SSSR count). The van der Waals surface area contributed by atoms with Gasteiger partial charge in [-0.3, -0.25) is 4.79 Å². The van der Waals surface area contributed by atoms with E-state index in [-0.39, 0.29) is 17.7 Å². The molecule has 0 saturated heterocycles. The van der Waals surface area contributed by atoms with Crippen LogP contribution >= 0.6 is 11.6 Å². The summed E-state index contributed by atoms with van der Waals surface area (Å²) in [5.41, 5.74) is 6.16. The van der Waals surface area contributed by atoms with Crippen molar-refractivity contribution in [1.82, 2.24) is 9.55 Å².